The van der Waals surface area contributed by atoms with E-state index < -0.39 is 17.9 Å². The van der Waals surface area contributed by atoms with Crippen LogP contribution in [0.25, 0.3) is 0 Å². The molecule has 0 atom stereocenters. The van der Waals surface area contributed by atoms with Gasteiger partial charge in [-0.2, -0.15) is 0 Å². The number of carbonyl (C=O) groups is 2. The van der Waals surface area contributed by atoms with Crippen LogP contribution in [0.2, 0.25) is 0 Å². The molecule has 0 aliphatic heterocycles. The fraction of sp³-hybridized carbons (Fsp3) is 0.818. The van der Waals surface area contributed by atoms with E-state index in [4.69, 9.17) is 10.2 Å². The first-order valence-corrected chi connectivity index (χ1v) is 5.26. The van der Waals surface area contributed by atoms with Crippen LogP contribution >= 0.6 is 0 Å². The van der Waals surface area contributed by atoms with Crippen LogP contribution < -0.4 is 0 Å². The molecular weight excluding hydrogens is 196 g/mol. The molecule has 0 saturated carbocycles. The van der Waals surface area contributed by atoms with Gasteiger partial charge in [-0.3, -0.25) is 9.59 Å². The minimum Gasteiger partial charge on any atom is -0.481 e. The molecule has 0 heterocycles. The summed E-state index contributed by atoms with van der Waals surface area (Å²) in [6.45, 7) is 6.28. The third kappa shape index (κ3) is 5.40. The molecule has 2 N–H and O–H groups in total. The first kappa shape index (κ1) is 13.9. The average Bonchev–Trinajstić information content (AvgIpc) is 2.11. The molecule has 0 unspecified atom stereocenters. The lowest BCUT2D eigenvalue weighted by Gasteiger charge is -2.22. The molecule has 15 heavy (non-hydrogen) atoms. The van der Waals surface area contributed by atoms with E-state index in [1.54, 1.807) is 0 Å². The standard InChI is InChI=1S/C11H20O4/c1-4-11(2,3)7-5-6-8(9(12)13)10(14)15/h8H,4-7H2,1-3H3,(H,12,13)(H,14,15). The molecule has 0 aromatic carbocycles. The molecule has 0 amide bonds. The molecule has 0 bridgehead atoms. The molecule has 0 spiro atoms. The second kappa shape index (κ2) is 5.73. The molecule has 0 rings (SSSR count). The molecule has 0 saturated heterocycles. The number of carboxylic acid groups (broad SMARTS) is 2. The van der Waals surface area contributed by atoms with Crippen molar-refractivity contribution in [3.8, 4) is 0 Å². The van der Waals surface area contributed by atoms with Crippen molar-refractivity contribution in [2.24, 2.45) is 11.3 Å². The van der Waals surface area contributed by atoms with E-state index in [-0.39, 0.29) is 11.8 Å². The molecule has 0 fully saturated rings. The number of rotatable bonds is 7. The lowest BCUT2D eigenvalue weighted by atomic mass is 9.83. The Morgan fingerprint density at radius 2 is 1.67 bits per heavy atom. The summed E-state index contributed by atoms with van der Waals surface area (Å²) in [6, 6.07) is 0. The zero-order valence-electron chi connectivity index (χ0n) is 9.62. The van der Waals surface area contributed by atoms with Crippen LogP contribution in [0.3, 0.4) is 0 Å². The average molecular weight is 216 g/mol. The van der Waals surface area contributed by atoms with Crippen molar-refractivity contribution in [1.82, 2.24) is 0 Å². The highest BCUT2D eigenvalue weighted by Crippen LogP contribution is 2.27. The Balaban J connectivity index is 4.03. The fourth-order valence-electron chi connectivity index (χ4n) is 1.31. The van der Waals surface area contributed by atoms with Crippen molar-refractivity contribution in [2.45, 2.75) is 46.5 Å². The van der Waals surface area contributed by atoms with Crippen LogP contribution in [0.4, 0.5) is 0 Å². The van der Waals surface area contributed by atoms with Gasteiger partial charge in [-0.05, 0) is 18.3 Å². The van der Waals surface area contributed by atoms with Gasteiger partial charge in [0.1, 0.15) is 0 Å². The van der Waals surface area contributed by atoms with E-state index in [2.05, 4.69) is 20.8 Å². The molecule has 0 aromatic heterocycles. The molecular formula is C11H20O4. The Morgan fingerprint density at radius 1 is 1.20 bits per heavy atom. The van der Waals surface area contributed by atoms with Crippen LogP contribution in [0.5, 0.6) is 0 Å². The van der Waals surface area contributed by atoms with Gasteiger partial charge in [-0.1, -0.05) is 33.6 Å². The van der Waals surface area contributed by atoms with Gasteiger partial charge < -0.3 is 10.2 Å². The van der Waals surface area contributed by atoms with Gasteiger partial charge in [0.25, 0.3) is 0 Å². The molecule has 4 heteroatoms. The maximum absolute atomic E-state index is 10.6. The Bertz CT molecular complexity index is 219. The highest BCUT2D eigenvalue weighted by Gasteiger charge is 2.26. The lowest BCUT2D eigenvalue weighted by Crippen LogP contribution is -2.23. The molecule has 0 radical (unpaired) electrons. The summed E-state index contributed by atoms with van der Waals surface area (Å²) in [5, 5.41) is 17.3. The van der Waals surface area contributed by atoms with Crippen molar-refractivity contribution in [3.63, 3.8) is 0 Å². The van der Waals surface area contributed by atoms with E-state index in [0.29, 0.717) is 6.42 Å². The van der Waals surface area contributed by atoms with Crippen molar-refractivity contribution in [1.29, 1.82) is 0 Å². The third-order valence-electron chi connectivity index (χ3n) is 2.90. The third-order valence-corrected chi connectivity index (χ3v) is 2.90. The van der Waals surface area contributed by atoms with E-state index in [1.807, 2.05) is 0 Å². The monoisotopic (exact) mass is 216 g/mol. The number of carboxylic acids is 2. The summed E-state index contributed by atoms with van der Waals surface area (Å²) in [6.07, 6.45) is 2.73. The van der Waals surface area contributed by atoms with Crippen LogP contribution in [0, 0.1) is 11.3 Å². The van der Waals surface area contributed by atoms with Gasteiger partial charge in [0, 0.05) is 0 Å². The van der Waals surface area contributed by atoms with Crippen molar-refractivity contribution in [3.05, 3.63) is 0 Å². The van der Waals surface area contributed by atoms with Crippen molar-refractivity contribution < 1.29 is 19.8 Å². The van der Waals surface area contributed by atoms with Crippen LogP contribution in [0.15, 0.2) is 0 Å². The van der Waals surface area contributed by atoms with Crippen LogP contribution in [-0.4, -0.2) is 22.2 Å². The predicted molar refractivity (Wildman–Crippen MR) is 56.7 cm³/mol. The molecule has 0 aliphatic carbocycles. The summed E-state index contributed by atoms with van der Waals surface area (Å²) in [7, 11) is 0. The molecule has 88 valence electrons. The molecule has 0 aromatic rings. The zero-order chi connectivity index (χ0) is 12.1. The summed E-state index contributed by atoms with van der Waals surface area (Å²) in [5.74, 6) is -3.73. The quantitative estimate of drug-likeness (QED) is 0.641. The maximum atomic E-state index is 10.6. The van der Waals surface area contributed by atoms with E-state index in [9.17, 15) is 9.59 Å². The Hall–Kier alpha value is -1.06. The number of hydrogen-bond acceptors (Lipinski definition) is 2. The van der Waals surface area contributed by atoms with Crippen LogP contribution in [0.1, 0.15) is 46.5 Å². The summed E-state index contributed by atoms with van der Waals surface area (Å²) < 4.78 is 0. The first-order valence-electron chi connectivity index (χ1n) is 5.26. The Morgan fingerprint density at radius 3 is 2.00 bits per heavy atom. The van der Waals surface area contributed by atoms with Gasteiger partial charge in [0.15, 0.2) is 5.92 Å². The minimum absolute atomic E-state index is 0.168. The largest absolute Gasteiger partial charge is 0.481 e. The Kier molecular flexibility index (Phi) is 5.33. The summed E-state index contributed by atoms with van der Waals surface area (Å²) >= 11 is 0. The van der Waals surface area contributed by atoms with Gasteiger partial charge >= 0.3 is 11.9 Å². The highest BCUT2D eigenvalue weighted by atomic mass is 16.4. The summed E-state index contributed by atoms with van der Waals surface area (Å²) in [5.41, 5.74) is 0.168. The topological polar surface area (TPSA) is 74.6 Å². The van der Waals surface area contributed by atoms with Gasteiger partial charge in [-0.25, -0.2) is 0 Å². The number of hydrogen-bond donors (Lipinski definition) is 2. The van der Waals surface area contributed by atoms with Crippen molar-refractivity contribution >= 4 is 11.9 Å². The zero-order valence-corrected chi connectivity index (χ0v) is 9.62. The van der Waals surface area contributed by atoms with Crippen LogP contribution in [-0.2, 0) is 9.59 Å². The van der Waals surface area contributed by atoms with Gasteiger partial charge in [-0.15, -0.1) is 0 Å². The number of aliphatic carboxylic acids is 2. The lowest BCUT2D eigenvalue weighted by molar-refractivity contribution is -0.154. The first-order chi connectivity index (χ1) is 6.80. The van der Waals surface area contributed by atoms with E-state index >= 15 is 0 Å². The predicted octanol–water partition coefficient (Wildman–Crippen LogP) is 2.38. The normalized spacial score (nSPS) is 11.7. The summed E-state index contributed by atoms with van der Waals surface area (Å²) in [4.78, 5) is 21.2. The second-order valence-corrected chi connectivity index (χ2v) is 4.64. The SMILES string of the molecule is CCC(C)(C)CCCC(C(=O)O)C(=O)O. The minimum atomic E-state index is -1.25. The molecule has 0 aliphatic rings. The van der Waals surface area contributed by atoms with E-state index in [0.717, 1.165) is 12.8 Å². The highest BCUT2D eigenvalue weighted by molar-refractivity contribution is 5.92. The van der Waals surface area contributed by atoms with Gasteiger partial charge in [0.2, 0.25) is 0 Å². The van der Waals surface area contributed by atoms with Crippen molar-refractivity contribution in [2.75, 3.05) is 0 Å². The smallest absolute Gasteiger partial charge is 0.317 e. The maximum Gasteiger partial charge on any atom is 0.317 e. The molecule has 4 nitrogen and oxygen atoms in total. The van der Waals surface area contributed by atoms with E-state index in [1.165, 1.54) is 0 Å². The Labute approximate surface area is 90.3 Å². The fourth-order valence-corrected chi connectivity index (χ4v) is 1.31. The second-order valence-electron chi connectivity index (χ2n) is 4.64. The van der Waals surface area contributed by atoms with Gasteiger partial charge in [0.05, 0.1) is 0 Å².